The first-order valence-corrected chi connectivity index (χ1v) is 7.37. The summed E-state index contributed by atoms with van der Waals surface area (Å²) in [6.45, 7) is 0. The highest BCUT2D eigenvalue weighted by Gasteiger charge is 2.30. The number of hydrogen-bond donors (Lipinski definition) is 2. The lowest BCUT2D eigenvalue weighted by Gasteiger charge is -2.13. The number of hydrogen-bond acceptors (Lipinski definition) is 4. The lowest BCUT2D eigenvalue weighted by molar-refractivity contribution is 0.0966. The Balaban J connectivity index is 2.20. The van der Waals surface area contributed by atoms with Crippen LogP contribution in [-0.2, 0) is 0 Å². The number of anilines is 1. The molecule has 0 aliphatic carbocycles. The fraction of sp³-hybridized carbons (Fsp3) is 0.125. The predicted molar refractivity (Wildman–Crippen MR) is 89.5 cm³/mol. The number of benzene rings is 2. The fourth-order valence-electron chi connectivity index (χ4n) is 1.99. The molecule has 0 unspecified atom stereocenters. The van der Waals surface area contributed by atoms with Crippen LogP contribution in [0.3, 0.4) is 0 Å². The number of ether oxygens (including phenoxy) is 2. The van der Waals surface area contributed by atoms with E-state index in [1.807, 2.05) is 5.32 Å². The van der Waals surface area contributed by atoms with Gasteiger partial charge in [0.25, 0.3) is 5.91 Å². The van der Waals surface area contributed by atoms with E-state index in [4.69, 9.17) is 17.0 Å². The van der Waals surface area contributed by atoms with Crippen LogP contribution in [0.2, 0.25) is 0 Å². The first kappa shape index (κ1) is 19.4. The second kappa shape index (κ2) is 8.00. The van der Waals surface area contributed by atoms with Gasteiger partial charge in [-0.25, -0.2) is 8.78 Å². The summed E-state index contributed by atoms with van der Waals surface area (Å²) < 4.78 is 64.4. The Morgan fingerprint density at radius 2 is 1.46 bits per heavy atom. The van der Waals surface area contributed by atoms with Crippen molar-refractivity contribution in [2.24, 2.45) is 0 Å². The van der Waals surface area contributed by atoms with E-state index in [0.717, 1.165) is 7.11 Å². The molecule has 5 nitrogen and oxygen atoms in total. The van der Waals surface area contributed by atoms with Gasteiger partial charge in [-0.3, -0.25) is 10.1 Å². The van der Waals surface area contributed by atoms with Crippen molar-refractivity contribution in [2.45, 2.75) is 0 Å². The van der Waals surface area contributed by atoms with Crippen molar-refractivity contribution in [3.05, 3.63) is 53.1 Å². The molecule has 138 valence electrons. The van der Waals surface area contributed by atoms with Crippen LogP contribution in [-0.4, -0.2) is 25.2 Å². The van der Waals surface area contributed by atoms with E-state index in [0.29, 0.717) is 11.4 Å². The number of amides is 1. The molecule has 0 aliphatic rings. The van der Waals surface area contributed by atoms with E-state index in [1.54, 1.807) is 24.3 Å². The highest BCUT2D eigenvalue weighted by Crippen LogP contribution is 2.29. The number of nitrogens with one attached hydrogen (secondary N) is 2. The molecule has 0 fully saturated rings. The van der Waals surface area contributed by atoms with Crippen molar-refractivity contribution in [2.75, 3.05) is 19.5 Å². The first-order valence-electron chi connectivity index (χ1n) is 6.96. The predicted octanol–water partition coefficient (Wildman–Crippen LogP) is 3.39. The summed E-state index contributed by atoms with van der Waals surface area (Å²) in [6.07, 6.45) is 0. The van der Waals surface area contributed by atoms with Gasteiger partial charge in [0.15, 0.2) is 22.5 Å². The van der Waals surface area contributed by atoms with Crippen LogP contribution in [0.15, 0.2) is 24.3 Å². The molecule has 0 atom stereocenters. The maximum absolute atomic E-state index is 13.9. The molecule has 2 aromatic carbocycles. The minimum absolute atomic E-state index is 0.337. The van der Waals surface area contributed by atoms with Gasteiger partial charge in [-0.15, -0.1) is 0 Å². The van der Waals surface area contributed by atoms with Gasteiger partial charge in [-0.05, 0) is 36.5 Å². The molecule has 0 bridgehead atoms. The third-order valence-electron chi connectivity index (χ3n) is 3.23. The number of rotatable bonds is 4. The molecule has 0 aliphatic heterocycles. The molecule has 0 spiro atoms. The molecule has 0 heterocycles. The number of methoxy groups -OCH3 is 2. The molecular formula is C16H12F4N2O3S. The lowest BCUT2D eigenvalue weighted by atomic mass is 10.1. The third-order valence-corrected chi connectivity index (χ3v) is 3.43. The Bertz CT molecular complexity index is 831. The van der Waals surface area contributed by atoms with Crippen molar-refractivity contribution < 1.29 is 31.8 Å². The second-order valence-corrected chi connectivity index (χ2v) is 5.21. The Kier molecular flexibility index (Phi) is 5.98. The molecule has 1 amide bonds. The summed E-state index contributed by atoms with van der Waals surface area (Å²) in [4.78, 5) is 12.0. The Morgan fingerprint density at radius 1 is 0.923 bits per heavy atom. The van der Waals surface area contributed by atoms with E-state index >= 15 is 0 Å². The van der Waals surface area contributed by atoms with Gasteiger partial charge in [0.2, 0.25) is 11.6 Å². The molecule has 10 heteroatoms. The quantitative estimate of drug-likeness (QED) is 0.478. The van der Waals surface area contributed by atoms with Crippen molar-refractivity contribution in [3.8, 4) is 11.5 Å². The van der Waals surface area contributed by atoms with Crippen molar-refractivity contribution in [1.29, 1.82) is 0 Å². The highest BCUT2D eigenvalue weighted by molar-refractivity contribution is 7.80. The van der Waals surface area contributed by atoms with Gasteiger partial charge in [0.1, 0.15) is 11.3 Å². The lowest BCUT2D eigenvalue weighted by Crippen LogP contribution is -2.35. The average Bonchev–Trinajstić information content (AvgIpc) is 2.61. The molecule has 0 saturated carbocycles. The summed E-state index contributed by atoms with van der Waals surface area (Å²) in [5.74, 6) is -9.62. The molecule has 0 saturated heterocycles. The SMILES string of the molecule is COc1ccc(NC(=S)NC(=O)c2c(F)c(F)c(OC)c(F)c2F)cc1. The van der Waals surface area contributed by atoms with Crippen LogP contribution >= 0.6 is 12.2 Å². The van der Waals surface area contributed by atoms with E-state index < -0.39 is 40.5 Å². The Hall–Kier alpha value is -2.88. The number of carbonyl (C=O) groups excluding carboxylic acids is 1. The molecule has 26 heavy (non-hydrogen) atoms. The van der Waals surface area contributed by atoms with Crippen molar-refractivity contribution in [1.82, 2.24) is 5.32 Å². The monoisotopic (exact) mass is 388 g/mol. The van der Waals surface area contributed by atoms with Gasteiger partial charge >= 0.3 is 0 Å². The van der Waals surface area contributed by atoms with Crippen LogP contribution in [0, 0.1) is 23.3 Å². The van der Waals surface area contributed by atoms with Crippen LogP contribution in [0.1, 0.15) is 10.4 Å². The van der Waals surface area contributed by atoms with Crippen LogP contribution in [0.25, 0.3) is 0 Å². The molecular weight excluding hydrogens is 376 g/mol. The van der Waals surface area contributed by atoms with Crippen molar-refractivity contribution >= 4 is 28.9 Å². The first-order chi connectivity index (χ1) is 12.3. The minimum atomic E-state index is -1.90. The topological polar surface area (TPSA) is 59.6 Å². The number of halogens is 4. The molecule has 2 rings (SSSR count). The van der Waals surface area contributed by atoms with Gasteiger partial charge in [-0.2, -0.15) is 8.78 Å². The molecule has 0 radical (unpaired) electrons. The maximum Gasteiger partial charge on any atom is 0.263 e. The summed E-state index contributed by atoms with van der Waals surface area (Å²) in [6, 6.07) is 6.32. The van der Waals surface area contributed by atoms with Gasteiger partial charge in [-0.1, -0.05) is 0 Å². The summed E-state index contributed by atoms with van der Waals surface area (Å²) >= 11 is 4.84. The standard InChI is InChI=1S/C16H12F4N2O3S/c1-24-8-5-3-7(4-6-8)21-16(26)22-15(23)9-10(17)12(19)14(25-2)13(20)11(9)18/h3-6H,1-2H3,(H2,21,22,23,26). The van der Waals surface area contributed by atoms with Crippen LogP contribution in [0.5, 0.6) is 11.5 Å². The van der Waals surface area contributed by atoms with Gasteiger partial charge in [0.05, 0.1) is 14.2 Å². The van der Waals surface area contributed by atoms with Crippen molar-refractivity contribution in [3.63, 3.8) is 0 Å². The average molecular weight is 388 g/mol. The zero-order valence-corrected chi connectivity index (χ0v) is 14.3. The van der Waals surface area contributed by atoms with E-state index in [1.165, 1.54) is 7.11 Å². The Morgan fingerprint density at radius 3 is 1.92 bits per heavy atom. The van der Waals surface area contributed by atoms with E-state index in [-0.39, 0.29) is 5.11 Å². The smallest absolute Gasteiger partial charge is 0.263 e. The summed E-state index contributed by atoms with van der Waals surface area (Å²) in [5.41, 5.74) is -1.02. The maximum atomic E-state index is 13.9. The molecule has 2 aromatic rings. The normalized spacial score (nSPS) is 10.2. The van der Waals surface area contributed by atoms with Gasteiger partial charge < -0.3 is 14.8 Å². The van der Waals surface area contributed by atoms with E-state index in [9.17, 15) is 22.4 Å². The largest absolute Gasteiger partial charge is 0.497 e. The third kappa shape index (κ3) is 3.85. The minimum Gasteiger partial charge on any atom is -0.497 e. The highest BCUT2D eigenvalue weighted by atomic mass is 32.1. The number of carbonyl (C=O) groups is 1. The zero-order chi connectivity index (χ0) is 19.4. The summed E-state index contributed by atoms with van der Waals surface area (Å²) in [7, 11) is 2.30. The fourth-order valence-corrected chi connectivity index (χ4v) is 2.20. The van der Waals surface area contributed by atoms with Gasteiger partial charge in [0, 0.05) is 5.69 Å². The van der Waals surface area contributed by atoms with Crippen LogP contribution in [0.4, 0.5) is 23.2 Å². The molecule has 0 aromatic heterocycles. The summed E-state index contributed by atoms with van der Waals surface area (Å²) in [5, 5.41) is 4.18. The Labute approximate surface area is 150 Å². The zero-order valence-electron chi connectivity index (χ0n) is 13.5. The number of thiocarbonyl (C=S) groups is 1. The van der Waals surface area contributed by atoms with Crippen LogP contribution < -0.4 is 20.1 Å². The second-order valence-electron chi connectivity index (χ2n) is 4.80. The molecule has 2 N–H and O–H groups in total. The van der Waals surface area contributed by atoms with E-state index in [2.05, 4.69) is 10.1 Å².